The molecular formula is C26H23N5O3S. The van der Waals surface area contributed by atoms with E-state index in [2.05, 4.69) is 37.6 Å². The number of nitrogens with zero attached hydrogens (tertiary/aromatic N) is 3. The summed E-state index contributed by atoms with van der Waals surface area (Å²) in [7, 11) is 0. The number of carbonyl (C=O) groups excluding carboxylic acids is 1. The van der Waals surface area contributed by atoms with Gasteiger partial charge >= 0.3 is 0 Å². The van der Waals surface area contributed by atoms with Gasteiger partial charge in [0, 0.05) is 49.2 Å². The number of hydrogen-bond acceptors (Lipinski definition) is 6. The number of benzene rings is 2. The predicted octanol–water partition coefficient (Wildman–Crippen LogP) is 4.46. The summed E-state index contributed by atoms with van der Waals surface area (Å²) >= 11 is 1.67. The first-order valence-electron chi connectivity index (χ1n) is 11.7. The van der Waals surface area contributed by atoms with Crippen molar-refractivity contribution in [3.8, 4) is 22.9 Å². The summed E-state index contributed by atoms with van der Waals surface area (Å²) in [6, 6.07) is 16.1. The molecule has 2 aliphatic rings. The number of amides is 1. The molecule has 2 aliphatic heterocycles. The number of thiophene rings is 1. The highest BCUT2D eigenvalue weighted by molar-refractivity contribution is 7.17. The molecule has 0 saturated carbocycles. The molecule has 0 aliphatic carbocycles. The van der Waals surface area contributed by atoms with Gasteiger partial charge in [0.15, 0.2) is 11.5 Å². The lowest BCUT2D eigenvalue weighted by Crippen LogP contribution is -2.48. The largest absolute Gasteiger partial charge is 0.454 e. The Hall–Kier alpha value is -3.82. The molecule has 2 N–H and O–H groups in total. The normalized spacial score (nSPS) is 15.9. The van der Waals surface area contributed by atoms with Gasteiger partial charge in [0.1, 0.15) is 5.69 Å². The SMILES string of the molecule is O=C(c1ccc2cc(-c3n[nH]c4ccsc34)[nH]c2c1)N1CCN(Cc2ccc3c(c2)OCO3)CC1. The number of hydrogen-bond donors (Lipinski definition) is 2. The number of H-pyrrole nitrogens is 2. The maximum absolute atomic E-state index is 13.3. The molecule has 176 valence electrons. The molecule has 0 radical (unpaired) electrons. The number of aromatic nitrogens is 3. The number of fused-ring (bicyclic) bond motifs is 3. The number of ether oxygens (including phenoxy) is 2. The van der Waals surface area contributed by atoms with Gasteiger partial charge in [-0.15, -0.1) is 11.3 Å². The Kier molecular flexibility index (Phi) is 4.78. The van der Waals surface area contributed by atoms with Crippen LogP contribution in [0.25, 0.3) is 32.5 Å². The van der Waals surface area contributed by atoms with E-state index in [4.69, 9.17) is 9.47 Å². The summed E-state index contributed by atoms with van der Waals surface area (Å²) in [6.07, 6.45) is 0. The van der Waals surface area contributed by atoms with Crippen molar-refractivity contribution >= 4 is 38.4 Å². The van der Waals surface area contributed by atoms with Crippen LogP contribution in [0.4, 0.5) is 0 Å². The first-order valence-corrected chi connectivity index (χ1v) is 12.5. The number of nitrogens with one attached hydrogen (secondary N) is 2. The lowest BCUT2D eigenvalue weighted by atomic mass is 10.1. The molecule has 35 heavy (non-hydrogen) atoms. The molecule has 3 aromatic heterocycles. The van der Waals surface area contributed by atoms with E-state index < -0.39 is 0 Å². The summed E-state index contributed by atoms with van der Waals surface area (Å²) in [5.41, 5.74) is 5.75. The molecule has 1 saturated heterocycles. The molecule has 2 aromatic carbocycles. The Labute approximate surface area is 205 Å². The van der Waals surface area contributed by atoms with Gasteiger partial charge in [-0.3, -0.25) is 14.8 Å². The third kappa shape index (κ3) is 3.64. The van der Waals surface area contributed by atoms with Crippen LogP contribution in [0, 0.1) is 0 Å². The van der Waals surface area contributed by atoms with E-state index >= 15 is 0 Å². The average Bonchev–Trinajstić information content (AvgIpc) is 3.67. The van der Waals surface area contributed by atoms with Crippen LogP contribution in [-0.2, 0) is 6.54 Å². The van der Waals surface area contributed by atoms with Gasteiger partial charge in [-0.2, -0.15) is 5.10 Å². The smallest absolute Gasteiger partial charge is 0.254 e. The standard InChI is InChI=1S/C26H23N5O3S/c32-26(31-8-6-30(7-9-31)14-16-1-4-22-23(11-16)34-15-33-22)18-3-2-17-12-21(27-20(17)13-18)24-25-19(28-29-24)5-10-35-25/h1-5,10-13,27H,6-9,14-15H2,(H,28,29). The van der Waals surface area contributed by atoms with Crippen LogP contribution in [0.2, 0.25) is 0 Å². The first kappa shape index (κ1) is 20.5. The van der Waals surface area contributed by atoms with Gasteiger partial charge in [-0.05, 0) is 47.3 Å². The lowest BCUT2D eigenvalue weighted by Gasteiger charge is -2.34. The Bertz CT molecular complexity index is 1560. The minimum Gasteiger partial charge on any atom is -0.454 e. The summed E-state index contributed by atoms with van der Waals surface area (Å²) < 4.78 is 12.0. The molecule has 0 bridgehead atoms. The molecule has 8 nitrogen and oxygen atoms in total. The highest BCUT2D eigenvalue weighted by Gasteiger charge is 2.23. The van der Waals surface area contributed by atoms with Gasteiger partial charge in [0.2, 0.25) is 6.79 Å². The molecule has 9 heteroatoms. The van der Waals surface area contributed by atoms with Gasteiger partial charge in [0.05, 0.1) is 15.9 Å². The second-order valence-electron chi connectivity index (χ2n) is 8.98. The van der Waals surface area contributed by atoms with Gasteiger partial charge < -0.3 is 19.4 Å². The fourth-order valence-electron chi connectivity index (χ4n) is 4.91. The first-order chi connectivity index (χ1) is 17.2. The zero-order valence-electron chi connectivity index (χ0n) is 18.9. The van der Waals surface area contributed by atoms with E-state index in [1.54, 1.807) is 11.3 Å². The fourth-order valence-corrected chi connectivity index (χ4v) is 5.76. The monoisotopic (exact) mass is 485 g/mol. The van der Waals surface area contributed by atoms with Crippen molar-refractivity contribution in [2.45, 2.75) is 6.54 Å². The van der Waals surface area contributed by atoms with Gasteiger partial charge in [0.25, 0.3) is 5.91 Å². The Morgan fingerprint density at radius 3 is 2.77 bits per heavy atom. The Morgan fingerprint density at radius 2 is 1.86 bits per heavy atom. The molecule has 7 rings (SSSR count). The maximum atomic E-state index is 13.3. The van der Waals surface area contributed by atoms with Crippen molar-refractivity contribution in [1.82, 2.24) is 25.0 Å². The molecule has 0 spiro atoms. The maximum Gasteiger partial charge on any atom is 0.254 e. The number of aromatic amines is 2. The van der Waals surface area contributed by atoms with Crippen molar-refractivity contribution in [3.05, 3.63) is 65.0 Å². The molecule has 5 heterocycles. The summed E-state index contributed by atoms with van der Waals surface area (Å²) in [4.78, 5) is 21.0. The molecule has 5 aromatic rings. The van der Waals surface area contributed by atoms with Crippen molar-refractivity contribution in [3.63, 3.8) is 0 Å². The average molecular weight is 486 g/mol. The Balaban J connectivity index is 1.04. The number of carbonyl (C=O) groups is 1. The van der Waals surface area contributed by atoms with Crippen molar-refractivity contribution < 1.29 is 14.3 Å². The lowest BCUT2D eigenvalue weighted by molar-refractivity contribution is 0.0628. The topological polar surface area (TPSA) is 86.5 Å². The third-order valence-electron chi connectivity index (χ3n) is 6.80. The van der Waals surface area contributed by atoms with Crippen molar-refractivity contribution in [1.29, 1.82) is 0 Å². The van der Waals surface area contributed by atoms with Crippen LogP contribution in [0.3, 0.4) is 0 Å². The quantitative estimate of drug-likeness (QED) is 0.393. The minimum atomic E-state index is 0.0752. The van der Waals surface area contributed by atoms with Crippen LogP contribution in [-0.4, -0.2) is 63.9 Å². The molecule has 0 atom stereocenters. The molecular weight excluding hydrogens is 462 g/mol. The fraction of sp³-hybridized carbons (Fsp3) is 0.231. The predicted molar refractivity (Wildman–Crippen MR) is 135 cm³/mol. The van der Waals surface area contributed by atoms with Crippen molar-refractivity contribution in [2.75, 3.05) is 33.0 Å². The Morgan fingerprint density at radius 1 is 0.971 bits per heavy atom. The van der Waals surface area contributed by atoms with E-state index in [9.17, 15) is 4.79 Å². The number of rotatable bonds is 4. The van der Waals surface area contributed by atoms with Crippen LogP contribution in [0.15, 0.2) is 53.9 Å². The summed E-state index contributed by atoms with van der Waals surface area (Å²) in [5, 5.41) is 10.7. The zero-order valence-corrected chi connectivity index (χ0v) is 19.7. The van der Waals surface area contributed by atoms with Crippen LogP contribution in [0.5, 0.6) is 11.5 Å². The van der Waals surface area contributed by atoms with Crippen LogP contribution in [0.1, 0.15) is 15.9 Å². The van der Waals surface area contributed by atoms with Gasteiger partial charge in [-0.25, -0.2) is 0 Å². The van der Waals surface area contributed by atoms with E-state index in [0.717, 1.165) is 63.6 Å². The van der Waals surface area contributed by atoms with Crippen LogP contribution >= 0.6 is 11.3 Å². The second kappa shape index (κ2) is 8.14. The van der Waals surface area contributed by atoms with Crippen molar-refractivity contribution in [2.24, 2.45) is 0 Å². The minimum absolute atomic E-state index is 0.0752. The van der Waals surface area contributed by atoms with Gasteiger partial charge in [-0.1, -0.05) is 12.1 Å². The van der Waals surface area contributed by atoms with E-state index in [1.807, 2.05) is 41.3 Å². The zero-order chi connectivity index (χ0) is 23.4. The summed E-state index contributed by atoms with van der Waals surface area (Å²) in [5.74, 6) is 1.69. The summed E-state index contributed by atoms with van der Waals surface area (Å²) in [6.45, 7) is 4.22. The molecule has 0 unspecified atom stereocenters. The third-order valence-corrected chi connectivity index (χ3v) is 7.72. The van der Waals surface area contributed by atoms with Crippen LogP contribution < -0.4 is 9.47 Å². The number of piperazine rings is 1. The van der Waals surface area contributed by atoms with E-state index in [1.165, 1.54) is 5.56 Å². The molecule has 1 fully saturated rings. The van der Waals surface area contributed by atoms with E-state index in [0.29, 0.717) is 18.7 Å². The highest BCUT2D eigenvalue weighted by atomic mass is 32.1. The second-order valence-corrected chi connectivity index (χ2v) is 9.89. The molecule has 1 amide bonds. The van der Waals surface area contributed by atoms with E-state index in [-0.39, 0.29) is 12.7 Å². The highest BCUT2D eigenvalue weighted by Crippen LogP contribution is 2.33.